The largest absolute Gasteiger partial charge is 0.497 e. The van der Waals surface area contributed by atoms with E-state index >= 15 is 0 Å². The standard InChI is InChI=1S/C28H37N3O4/c1-20-6-8-21(9-7-20)26(30-12-4-5-13-30)19-29-27(32)22-10-14-31(15-11-22)28(33)23-16-24(34-2)18-25(17-23)35-3/h6-9,16-18,22,26H,4-5,10-15,19H2,1-3H3,(H,29,32). The molecule has 7 nitrogen and oxygen atoms in total. The molecule has 2 heterocycles. The summed E-state index contributed by atoms with van der Waals surface area (Å²) in [6.45, 7) is 5.98. The fourth-order valence-corrected chi connectivity index (χ4v) is 5.10. The van der Waals surface area contributed by atoms with E-state index in [9.17, 15) is 9.59 Å². The normalized spacial score (nSPS) is 17.7. The molecule has 0 aliphatic carbocycles. The average Bonchev–Trinajstić information content (AvgIpc) is 3.43. The number of carbonyl (C=O) groups excluding carboxylic acids is 2. The zero-order valence-corrected chi connectivity index (χ0v) is 21.1. The number of rotatable bonds is 8. The molecular weight excluding hydrogens is 442 g/mol. The number of nitrogens with zero attached hydrogens (tertiary/aromatic N) is 2. The molecule has 2 aliphatic heterocycles. The van der Waals surface area contributed by atoms with Crippen molar-refractivity contribution in [3.8, 4) is 11.5 Å². The Morgan fingerprint density at radius 2 is 1.54 bits per heavy atom. The molecule has 0 bridgehead atoms. The second-order valence-electron chi connectivity index (χ2n) is 9.58. The highest BCUT2D eigenvalue weighted by atomic mass is 16.5. The zero-order valence-electron chi connectivity index (χ0n) is 21.1. The molecule has 2 fully saturated rings. The Balaban J connectivity index is 1.33. The minimum absolute atomic E-state index is 0.0606. The lowest BCUT2D eigenvalue weighted by Gasteiger charge is -2.33. The molecule has 0 spiro atoms. The first-order chi connectivity index (χ1) is 17.0. The van der Waals surface area contributed by atoms with Gasteiger partial charge in [-0.3, -0.25) is 14.5 Å². The molecule has 0 aromatic heterocycles. The summed E-state index contributed by atoms with van der Waals surface area (Å²) in [6.07, 6.45) is 3.75. The van der Waals surface area contributed by atoms with Crippen molar-refractivity contribution in [2.45, 2.75) is 38.6 Å². The van der Waals surface area contributed by atoms with E-state index in [4.69, 9.17) is 9.47 Å². The summed E-state index contributed by atoms with van der Waals surface area (Å²) in [5.74, 6) is 1.13. The minimum atomic E-state index is -0.0730. The van der Waals surface area contributed by atoms with Crippen LogP contribution in [0.3, 0.4) is 0 Å². The van der Waals surface area contributed by atoms with Crippen LogP contribution in [0.2, 0.25) is 0 Å². The molecule has 2 aromatic carbocycles. The monoisotopic (exact) mass is 479 g/mol. The number of likely N-dealkylation sites (tertiary alicyclic amines) is 2. The average molecular weight is 480 g/mol. The van der Waals surface area contributed by atoms with Gasteiger partial charge in [-0.05, 0) is 63.4 Å². The molecule has 1 atom stereocenters. The van der Waals surface area contributed by atoms with Gasteiger partial charge in [0.15, 0.2) is 0 Å². The molecule has 2 aliphatic rings. The minimum Gasteiger partial charge on any atom is -0.497 e. The van der Waals surface area contributed by atoms with Gasteiger partial charge in [0.2, 0.25) is 5.91 Å². The fourth-order valence-electron chi connectivity index (χ4n) is 5.10. The van der Waals surface area contributed by atoms with Gasteiger partial charge in [0.25, 0.3) is 5.91 Å². The fraction of sp³-hybridized carbons (Fsp3) is 0.500. The Morgan fingerprint density at radius 3 is 2.11 bits per heavy atom. The Morgan fingerprint density at radius 1 is 0.943 bits per heavy atom. The summed E-state index contributed by atoms with van der Waals surface area (Å²) in [6, 6.07) is 14.1. The van der Waals surface area contributed by atoms with Crippen LogP contribution < -0.4 is 14.8 Å². The van der Waals surface area contributed by atoms with Gasteiger partial charge >= 0.3 is 0 Å². The van der Waals surface area contributed by atoms with Gasteiger partial charge in [-0.1, -0.05) is 29.8 Å². The predicted molar refractivity (Wildman–Crippen MR) is 136 cm³/mol. The van der Waals surface area contributed by atoms with E-state index < -0.39 is 0 Å². The van der Waals surface area contributed by atoms with E-state index in [0.29, 0.717) is 49.5 Å². The summed E-state index contributed by atoms with van der Waals surface area (Å²) < 4.78 is 10.6. The highest BCUT2D eigenvalue weighted by Crippen LogP contribution is 2.27. The third-order valence-electron chi connectivity index (χ3n) is 7.26. The molecule has 0 radical (unpaired) electrons. The van der Waals surface area contributed by atoms with Crippen LogP contribution in [0.15, 0.2) is 42.5 Å². The van der Waals surface area contributed by atoms with Crippen LogP contribution in [0, 0.1) is 12.8 Å². The Labute approximate surface area is 208 Å². The number of carbonyl (C=O) groups is 2. The van der Waals surface area contributed by atoms with E-state index in [1.807, 2.05) is 4.90 Å². The topological polar surface area (TPSA) is 71.1 Å². The smallest absolute Gasteiger partial charge is 0.254 e. The summed E-state index contributed by atoms with van der Waals surface area (Å²) in [5, 5.41) is 3.23. The number of methoxy groups -OCH3 is 2. The lowest BCUT2D eigenvalue weighted by Crippen LogP contribution is -2.44. The highest BCUT2D eigenvalue weighted by molar-refractivity contribution is 5.95. The van der Waals surface area contributed by atoms with Gasteiger partial charge < -0.3 is 19.7 Å². The first kappa shape index (κ1) is 25.0. The van der Waals surface area contributed by atoms with Gasteiger partial charge in [-0.15, -0.1) is 0 Å². The number of hydrogen-bond donors (Lipinski definition) is 1. The first-order valence-corrected chi connectivity index (χ1v) is 12.6. The van der Waals surface area contributed by atoms with Crippen LogP contribution in [0.25, 0.3) is 0 Å². The number of amides is 2. The van der Waals surface area contributed by atoms with Crippen LogP contribution in [-0.4, -0.2) is 68.6 Å². The molecule has 0 saturated carbocycles. The summed E-state index contributed by atoms with van der Waals surface area (Å²) >= 11 is 0. The first-order valence-electron chi connectivity index (χ1n) is 12.6. The van der Waals surface area contributed by atoms with Crippen molar-refractivity contribution in [1.82, 2.24) is 15.1 Å². The van der Waals surface area contributed by atoms with E-state index in [2.05, 4.69) is 41.4 Å². The predicted octanol–water partition coefficient (Wildman–Crippen LogP) is 3.82. The molecule has 7 heteroatoms. The van der Waals surface area contributed by atoms with Gasteiger partial charge in [0.1, 0.15) is 11.5 Å². The van der Waals surface area contributed by atoms with E-state index in [-0.39, 0.29) is 23.8 Å². The number of hydrogen-bond acceptors (Lipinski definition) is 5. The number of aryl methyl sites for hydroxylation is 1. The molecular formula is C28H37N3O4. The molecule has 1 unspecified atom stereocenters. The van der Waals surface area contributed by atoms with Gasteiger partial charge in [0.05, 0.1) is 20.3 Å². The van der Waals surface area contributed by atoms with Crippen LogP contribution >= 0.6 is 0 Å². The van der Waals surface area contributed by atoms with Crippen molar-refractivity contribution < 1.29 is 19.1 Å². The van der Waals surface area contributed by atoms with Crippen molar-refractivity contribution in [2.75, 3.05) is 46.9 Å². The summed E-state index contributed by atoms with van der Waals surface area (Å²) in [7, 11) is 3.14. The summed E-state index contributed by atoms with van der Waals surface area (Å²) in [5.41, 5.74) is 3.04. The molecule has 4 rings (SSSR count). The number of benzene rings is 2. The molecule has 2 amide bonds. The van der Waals surface area contributed by atoms with Gasteiger partial charge in [-0.2, -0.15) is 0 Å². The second kappa shape index (κ2) is 11.6. The van der Waals surface area contributed by atoms with Crippen LogP contribution in [0.5, 0.6) is 11.5 Å². The lowest BCUT2D eigenvalue weighted by molar-refractivity contribution is -0.126. The Bertz CT molecular complexity index is 987. The molecule has 35 heavy (non-hydrogen) atoms. The van der Waals surface area contributed by atoms with Crippen molar-refractivity contribution in [1.29, 1.82) is 0 Å². The zero-order chi connectivity index (χ0) is 24.8. The summed E-state index contributed by atoms with van der Waals surface area (Å²) in [4.78, 5) is 30.4. The maximum atomic E-state index is 13.1. The van der Waals surface area contributed by atoms with Crippen LogP contribution in [0.1, 0.15) is 53.2 Å². The van der Waals surface area contributed by atoms with Crippen molar-refractivity contribution in [2.24, 2.45) is 5.92 Å². The van der Waals surface area contributed by atoms with Crippen molar-refractivity contribution >= 4 is 11.8 Å². The molecule has 2 saturated heterocycles. The molecule has 188 valence electrons. The maximum absolute atomic E-state index is 13.1. The van der Waals surface area contributed by atoms with E-state index in [1.54, 1.807) is 32.4 Å². The number of ether oxygens (including phenoxy) is 2. The van der Waals surface area contributed by atoms with E-state index in [0.717, 1.165) is 13.1 Å². The van der Waals surface area contributed by atoms with Crippen molar-refractivity contribution in [3.05, 3.63) is 59.2 Å². The van der Waals surface area contributed by atoms with Gasteiger partial charge in [0, 0.05) is 37.2 Å². The Kier molecular flexibility index (Phi) is 8.29. The quantitative estimate of drug-likeness (QED) is 0.623. The van der Waals surface area contributed by atoms with Gasteiger partial charge in [-0.25, -0.2) is 0 Å². The number of piperidine rings is 1. The van der Waals surface area contributed by atoms with Crippen LogP contribution in [0.4, 0.5) is 0 Å². The lowest BCUT2D eigenvalue weighted by atomic mass is 9.95. The third-order valence-corrected chi connectivity index (χ3v) is 7.26. The third kappa shape index (κ3) is 6.14. The maximum Gasteiger partial charge on any atom is 0.254 e. The Hall–Kier alpha value is -3.06. The van der Waals surface area contributed by atoms with E-state index in [1.165, 1.54) is 24.0 Å². The highest BCUT2D eigenvalue weighted by Gasteiger charge is 2.30. The second-order valence-corrected chi connectivity index (χ2v) is 9.58. The molecule has 2 aromatic rings. The molecule has 1 N–H and O–H groups in total. The van der Waals surface area contributed by atoms with Crippen LogP contribution in [-0.2, 0) is 4.79 Å². The SMILES string of the molecule is COc1cc(OC)cc(C(=O)N2CCC(C(=O)NCC(c3ccc(C)cc3)N3CCCC3)CC2)c1. The number of nitrogens with one attached hydrogen (secondary N) is 1. The van der Waals surface area contributed by atoms with Crippen molar-refractivity contribution in [3.63, 3.8) is 0 Å².